The van der Waals surface area contributed by atoms with Gasteiger partial charge in [-0.2, -0.15) is 4.31 Å². The summed E-state index contributed by atoms with van der Waals surface area (Å²) in [4.78, 5) is 18.1. The van der Waals surface area contributed by atoms with Gasteiger partial charge >= 0.3 is 0 Å². The van der Waals surface area contributed by atoms with Crippen molar-refractivity contribution >= 4 is 32.7 Å². The van der Waals surface area contributed by atoms with Gasteiger partial charge in [0, 0.05) is 25.2 Å². The number of hydrogen-bond donors (Lipinski definition) is 1. The lowest BCUT2D eigenvalue weighted by atomic mass is 10.2. The van der Waals surface area contributed by atoms with Crippen LogP contribution in [0.5, 0.6) is 0 Å². The molecule has 8 heteroatoms. The predicted molar refractivity (Wildman–Crippen MR) is 124 cm³/mol. The second kappa shape index (κ2) is 8.33. The zero-order valence-corrected chi connectivity index (χ0v) is 19.1. The normalized spacial score (nSPS) is 19.6. The van der Waals surface area contributed by atoms with Gasteiger partial charge in [0.1, 0.15) is 11.9 Å². The van der Waals surface area contributed by atoms with Crippen LogP contribution in [0.25, 0.3) is 11.0 Å². The first-order chi connectivity index (χ1) is 15.4. The summed E-state index contributed by atoms with van der Waals surface area (Å²) in [6.07, 6.45) is 5.68. The molecule has 168 valence electrons. The van der Waals surface area contributed by atoms with Crippen LogP contribution in [-0.4, -0.2) is 40.8 Å². The van der Waals surface area contributed by atoms with E-state index in [4.69, 9.17) is 4.98 Å². The average Bonchev–Trinajstić information content (AvgIpc) is 3.33. The fraction of sp³-hybridized carbons (Fsp3) is 0.417. The third-order valence-electron chi connectivity index (χ3n) is 6.51. The molecule has 1 saturated heterocycles. The first kappa shape index (κ1) is 21.2. The van der Waals surface area contributed by atoms with E-state index in [2.05, 4.69) is 9.88 Å². The van der Waals surface area contributed by atoms with Gasteiger partial charge < -0.3 is 9.88 Å². The number of nitrogens with one attached hydrogen (secondary N) is 1. The monoisotopic (exact) mass is 452 g/mol. The number of carbonyl (C=O) groups is 1. The van der Waals surface area contributed by atoms with Crippen LogP contribution in [0.15, 0.2) is 47.4 Å². The van der Waals surface area contributed by atoms with E-state index in [-0.39, 0.29) is 10.8 Å². The van der Waals surface area contributed by atoms with E-state index in [1.807, 2.05) is 25.1 Å². The van der Waals surface area contributed by atoms with Crippen molar-refractivity contribution in [3.8, 4) is 0 Å². The molecule has 3 aromatic rings. The van der Waals surface area contributed by atoms with E-state index < -0.39 is 16.1 Å². The van der Waals surface area contributed by atoms with E-state index in [1.165, 1.54) is 10.7 Å². The number of aryl methyl sites for hydroxylation is 3. The quantitative estimate of drug-likeness (QED) is 0.651. The Morgan fingerprint density at radius 1 is 1.03 bits per heavy atom. The summed E-state index contributed by atoms with van der Waals surface area (Å²) in [7, 11) is -3.73. The molecule has 1 amide bonds. The Kier molecular flexibility index (Phi) is 5.51. The number of carbonyl (C=O) groups excluding carboxylic acids is 1. The summed E-state index contributed by atoms with van der Waals surface area (Å²) in [6, 6.07) is 11.8. The van der Waals surface area contributed by atoms with Crippen LogP contribution in [-0.2, 0) is 27.8 Å². The minimum atomic E-state index is -3.73. The molecule has 5 rings (SSSR count). The topological polar surface area (TPSA) is 84.3 Å². The summed E-state index contributed by atoms with van der Waals surface area (Å²) >= 11 is 0. The van der Waals surface area contributed by atoms with Gasteiger partial charge in [-0.15, -0.1) is 0 Å². The number of hydrogen-bond acceptors (Lipinski definition) is 4. The van der Waals surface area contributed by atoms with Gasteiger partial charge in [-0.3, -0.25) is 4.79 Å². The maximum absolute atomic E-state index is 13.2. The summed E-state index contributed by atoms with van der Waals surface area (Å²) in [5, 5.41) is 2.94. The lowest BCUT2D eigenvalue weighted by Gasteiger charge is -2.23. The van der Waals surface area contributed by atoms with Crippen LogP contribution in [0.4, 0.5) is 5.69 Å². The van der Waals surface area contributed by atoms with Crippen molar-refractivity contribution in [3.05, 3.63) is 53.9 Å². The van der Waals surface area contributed by atoms with Crippen molar-refractivity contribution in [1.82, 2.24) is 13.9 Å². The molecule has 1 aromatic heterocycles. The first-order valence-electron chi connectivity index (χ1n) is 11.3. The van der Waals surface area contributed by atoms with Crippen molar-refractivity contribution < 1.29 is 13.2 Å². The molecule has 2 aliphatic rings. The van der Waals surface area contributed by atoms with Crippen molar-refractivity contribution in [2.24, 2.45) is 0 Å². The van der Waals surface area contributed by atoms with Crippen LogP contribution in [0, 0.1) is 6.92 Å². The highest BCUT2D eigenvalue weighted by Crippen LogP contribution is 2.28. The number of anilines is 1. The minimum absolute atomic E-state index is 0.226. The SMILES string of the molecule is Cc1ccc(S(=O)(=O)N2CCC[C@H]2C(=O)Nc2ccc3c(c2)nc2n3CCCCC2)cc1. The fourth-order valence-electron chi connectivity index (χ4n) is 4.79. The molecule has 2 aliphatic heterocycles. The van der Waals surface area contributed by atoms with Gasteiger partial charge in [0.15, 0.2) is 0 Å². The van der Waals surface area contributed by atoms with Crippen molar-refractivity contribution in [1.29, 1.82) is 0 Å². The van der Waals surface area contributed by atoms with Crippen LogP contribution >= 0.6 is 0 Å². The number of rotatable bonds is 4. The van der Waals surface area contributed by atoms with Gasteiger partial charge in [-0.1, -0.05) is 24.1 Å². The number of fused-ring (bicyclic) bond motifs is 3. The van der Waals surface area contributed by atoms with Gasteiger partial charge in [-0.25, -0.2) is 13.4 Å². The third-order valence-corrected chi connectivity index (χ3v) is 8.43. The second-order valence-electron chi connectivity index (χ2n) is 8.77. The van der Waals surface area contributed by atoms with Gasteiger partial charge in [0.25, 0.3) is 0 Å². The minimum Gasteiger partial charge on any atom is -0.328 e. The third kappa shape index (κ3) is 3.82. The molecule has 0 radical (unpaired) electrons. The Labute approximate surface area is 188 Å². The highest BCUT2D eigenvalue weighted by Gasteiger charge is 2.39. The smallest absolute Gasteiger partial charge is 0.243 e. The highest BCUT2D eigenvalue weighted by atomic mass is 32.2. The average molecular weight is 453 g/mol. The molecule has 1 fully saturated rings. The van der Waals surface area contributed by atoms with Crippen molar-refractivity contribution in [3.63, 3.8) is 0 Å². The molecule has 7 nitrogen and oxygen atoms in total. The Hall–Kier alpha value is -2.71. The van der Waals surface area contributed by atoms with E-state index in [0.717, 1.165) is 48.2 Å². The summed E-state index contributed by atoms with van der Waals surface area (Å²) < 4.78 is 29.9. The molecule has 0 unspecified atom stereocenters. The lowest BCUT2D eigenvalue weighted by Crippen LogP contribution is -2.43. The van der Waals surface area contributed by atoms with Crippen LogP contribution < -0.4 is 5.32 Å². The zero-order chi connectivity index (χ0) is 22.3. The number of amides is 1. The van der Waals surface area contributed by atoms with Gasteiger partial charge in [0.2, 0.25) is 15.9 Å². The molecule has 0 spiro atoms. The van der Waals surface area contributed by atoms with Crippen LogP contribution in [0.1, 0.15) is 43.5 Å². The molecule has 0 aliphatic carbocycles. The van der Waals surface area contributed by atoms with Crippen LogP contribution in [0.3, 0.4) is 0 Å². The van der Waals surface area contributed by atoms with Crippen molar-refractivity contribution in [2.75, 3.05) is 11.9 Å². The molecule has 2 aromatic carbocycles. The molecule has 1 atom stereocenters. The van der Waals surface area contributed by atoms with E-state index in [0.29, 0.717) is 25.1 Å². The number of nitrogens with zero attached hydrogens (tertiary/aromatic N) is 3. The summed E-state index contributed by atoms with van der Waals surface area (Å²) in [5.41, 5.74) is 3.60. The maximum Gasteiger partial charge on any atom is 0.243 e. The van der Waals surface area contributed by atoms with E-state index in [9.17, 15) is 13.2 Å². The molecule has 32 heavy (non-hydrogen) atoms. The Morgan fingerprint density at radius 2 is 1.84 bits per heavy atom. The largest absolute Gasteiger partial charge is 0.328 e. The zero-order valence-electron chi connectivity index (χ0n) is 18.3. The van der Waals surface area contributed by atoms with E-state index >= 15 is 0 Å². The number of benzene rings is 2. The number of imidazole rings is 1. The summed E-state index contributed by atoms with van der Waals surface area (Å²) in [5.74, 6) is 0.811. The van der Waals surface area contributed by atoms with E-state index in [1.54, 1.807) is 24.3 Å². The Morgan fingerprint density at radius 3 is 2.66 bits per heavy atom. The van der Waals surface area contributed by atoms with Gasteiger partial charge in [-0.05, 0) is 62.9 Å². The van der Waals surface area contributed by atoms with Crippen LogP contribution in [0.2, 0.25) is 0 Å². The second-order valence-corrected chi connectivity index (χ2v) is 10.7. The maximum atomic E-state index is 13.2. The molecule has 0 bridgehead atoms. The first-order valence-corrected chi connectivity index (χ1v) is 12.8. The standard InChI is InChI=1S/C24H28N4O3S/c1-17-8-11-19(12-9-17)32(30,31)28-15-5-6-22(28)24(29)25-18-10-13-21-20(16-18)26-23-7-3-2-4-14-27(21)23/h8-13,16,22H,2-7,14-15H2,1H3,(H,25,29)/t22-/m0/s1. The Balaban J connectivity index is 1.37. The molecular weight excluding hydrogens is 424 g/mol. The highest BCUT2D eigenvalue weighted by molar-refractivity contribution is 7.89. The lowest BCUT2D eigenvalue weighted by molar-refractivity contribution is -0.119. The molecular formula is C24H28N4O3S. The molecule has 0 saturated carbocycles. The van der Waals surface area contributed by atoms with Gasteiger partial charge in [0.05, 0.1) is 15.9 Å². The summed E-state index contributed by atoms with van der Waals surface area (Å²) in [6.45, 7) is 3.24. The number of aromatic nitrogens is 2. The fourth-order valence-corrected chi connectivity index (χ4v) is 6.45. The molecule has 3 heterocycles. The Bertz CT molecular complexity index is 1260. The predicted octanol–water partition coefficient (Wildman–Crippen LogP) is 3.86. The number of sulfonamides is 1. The van der Waals surface area contributed by atoms with Crippen molar-refractivity contribution in [2.45, 2.75) is 62.9 Å². The molecule has 1 N–H and O–H groups in total.